The van der Waals surface area contributed by atoms with Crippen LogP contribution in [0.5, 0.6) is 5.88 Å². The van der Waals surface area contributed by atoms with Gasteiger partial charge in [0.15, 0.2) is 0 Å². The molecule has 2 aromatic carbocycles. The van der Waals surface area contributed by atoms with Crippen molar-refractivity contribution in [2.75, 3.05) is 18.5 Å². The summed E-state index contributed by atoms with van der Waals surface area (Å²) >= 11 is 0. The number of hydrogen-bond acceptors (Lipinski definition) is 6. The van der Waals surface area contributed by atoms with Crippen molar-refractivity contribution in [3.63, 3.8) is 0 Å². The molecule has 0 unspecified atom stereocenters. The molecule has 0 radical (unpaired) electrons. The first kappa shape index (κ1) is 19.2. The van der Waals surface area contributed by atoms with Gasteiger partial charge in [-0.05, 0) is 13.8 Å². The molecule has 1 aromatic heterocycles. The van der Waals surface area contributed by atoms with Gasteiger partial charge in [0.25, 0.3) is 5.88 Å². The van der Waals surface area contributed by atoms with Crippen LogP contribution in [0.1, 0.15) is 13.8 Å². The summed E-state index contributed by atoms with van der Waals surface area (Å²) in [6.07, 6.45) is -1.58. The van der Waals surface area contributed by atoms with Crippen molar-refractivity contribution < 1.29 is 23.8 Å². The summed E-state index contributed by atoms with van der Waals surface area (Å²) in [6, 6.07) is 16.9. The quantitative estimate of drug-likeness (QED) is 0.627. The summed E-state index contributed by atoms with van der Waals surface area (Å²) in [6.45, 7) is 3.72. The fourth-order valence-corrected chi connectivity index (χ4v) is 2.75. The van der Waals surface area contributed by atoms with Gasteiger partial charge in [-0.2, -0.15) is 0 Å². The molecule has 1 N–H and O–H groups in total. The van der Waals surface area contributed by atoms with Gasteiger partial charge >= 0.3 is 12.2 Å². The van der Waals surface area contributed by atoms with Gasteiger partial charge < -0.3 is 14.2 Å². The Kier molecular flexibility index (Phi) is 6.06. The van der Waals surface area contributed by atoms with E-state index in [2.05, 4.69) is 10.3 Å². The number of nitrogens with zero attached hydrogens (tertiary/aromatic N) is 1. The molecule has 0 saturated carbocycles. The van der Waals surface area contributed by atoms with Crippen LogP contribution < -0.4 is 10.1 Å². The lowest BCUT2D eigenvalue weighted by Crippen LogP contribution is -2.17. The van der Waals surface area contributed by atoms with Crippen molar-refractivity contribution in [2.24, 2.45) is 0 Å². The summed E-state index contributed by atoms with van der Waals surface area (Å²) in [5.41, 5.74) is 1.70. The van der Waals surface area contributed by atoms with Gasteiger partial charge in [-0.15, -0.1) is 0 Å². The molecule has 0 aliphatic heterocycles. The molecule has 28 heavy (non-hydrogen) atoms. The van der Waals surface area contributed by atoms with Gasteiger partial charge in [0.1, 0.15) is 5.69 Å². The number of fused-ring (bicyclic) bond motifs is 1. The van der Waals surface area contributed by atoms with E-state index >= 15 is 0 Å². The van der Waals surface area contributed by atoms with Crippen LogP contribution in [0.4, 0.5) is 15.3 Å². The second-order valence-corrected chi connectivity index (χ2v) is 5.68. The van der Waals surface area contributed by atoms with Crippen LogP contribution in [0.3, 0.4) is 0 Å². The number of benzene rings is 2. The molecule has 0 fully saturated rings. The zero-order chi connectivity index (χ0) is 19.9. The molecule has 0 bridgehead atoms. The maximum atomic E-state index is 12.0. The molecule has 0 spiro atoms. The third kappa shape index (κ3) is 4.20. The van der Waals surface area contributed by atoms with Crippen LogP contribution in [0, 0.1) is 0 Å². The molecular weight excluding hydrogens is 360 g/mol. The molecule has 1 heterocycles. The third-order valence-electron chi connectivity index (χ3n) is 3.87. The molecule has 0 atom stereocenters. The van der Waals surface area contributed by atoms with E-state index in [1.165, 1.54) is 0 Å². The normalized spacial score (nSPS) is 10.4. The first-order valence-electron chi connectivity index (χ1n) is 8.90. The lowest BCUT2D eigenvalue weighted by Gasteiger charge is -2.16. The Hall–Kier alpha value is -3.61. The molecule has 3 aromatic rings. The number of anilines is 1. The molecule has 0 aliphatic rings. The van der Waals surface area contributed by atoms with E-state index in [4.69, 9.17) is 14.2 Å². The lowest BCUT2D eigenvalue weighted by atomic mass is 10.0. The average molecular weight is 380 g/mol. The van der Waals surface area contributed by atoms with Crippen LogP contribution in [0.15, 0.2) is 54.6 Å². The number of amides is 1. The third-order valence-corrected chi connectivity index (χ3v) is 3.87. The topological polar surface area (TPSA) is 86.8 Å². The minimum Gasteiger partial charge on any atom is -0.450 e. The molecule has 3 rings (SSSR count). The zero-order valence-corrected chi connectivity index (χ0v) is 15.6. The van der Waals surface area contributed by atoms with E-state index in [0.717, 1.165) is 10.9 Å². The summed E-state index contributed by atoms with van der Waals surface area (Å²) in [4.78, 5) is 28.5. The number of rotatable bonds is 5. The number of pyridine rings is 1. The maximum Gasteiger partial charge on any atom is 0.515 e. The van der Waals surface area contributed by atoms with Gasteiger partial charge in [0.05, 0.1) is 18.9 Å². The largest absolute Gasteiger partial charge is 0.515 e. The summed E-state index contributed by atoms with van der Waals surface area (Å²) in [7, 11) is 0. The van der Waals surface area contributed by atoms with Gasteiger partial charge in [-0.3, -0.25) is 5.32 Å². The molecule has 144 valence electrons. The molecule has 7 heteroatoms. The van der Waals surface area contributed by atoms with Gasteiger partial charge in [-0.25, -0.2) is 14.6 Å². The minimum absolute atomic E-state index is 0.0657. The maximum absolute atomic E-state index is 12.0. The monoisotopic (exact) mass is 380 g/mol. The Morgan fingerprint density at radius 2 is 1.54 bits per heavy atom. The van der Waals surface area contributed by atoms with Gasteiger partial charge in [-0.1, -0.05) is 54.6 Å². The van der Waals surface area contributed by atoms with Crippen LogP contribution in [0.2, 0.25) is 0 Å². The Morgan fingerprint density at radius 3 is 2.21 bits per heavy atom. The van der Waals surface area contributed by atoms with E-state index in [1.807, 2.05) is 54.6 Å². The van der Waals surface area contributed by atoms with Crippen LogP contribution in [-0.4, -0.2) is 30.4 Å². The highest BCUT2D eigenvalue weighted by Crippen LogP contribution is 2.37. The predicted octanol–water partition coefficient (Wildman–Crippen LogP) is 5.01. The minimum atomic E-state index is -0.906. The fraction of sp³-hybridized carbons (Fsp3) is 0.190. The first-order valence-corrected chi connectivity index (χ1v) is 8.90. The average Bonchev–Trinajstić information content (AvgIpc) is 2.70. The summed E-state index contributed by atoms with van der Waals surface area (Å²) in [5, 5.41) is 4.07. The standard InChI is InChI=1S/C21H20N2O5/c1-3-26-20(24)23-18-16-13-9-8-12-15(16)17(14-10-6-5-7-11-14)22-19(18)28-21(25)27-4-2/h5-13H,3-4H2,1-2H3,(H,23,24). The smallest absolute Gasteiger partial charge is 0.450 e. The van der Waals surface area contributed by atoms with Crippen LogP contribution in [0.25, 0.3) is 22.0 Å². The summed E-state index contributed by atoms with van der Waals surface area (Å²) in [5.74, 6) is -0.0657. The van der Waals surface area contributed by atoms with Crippen molar-refractivity contribution in [3.05, 3.63) is 54.6 Å². The molecule has 0 saturated heterocycles. The van der Waals surface area contributed by atoms with E-state index in [9.17, 15) is 9.59 Å². The predicted molar refractivity (Wildman–Crippen MR) is 105 cm³/mol. The van der Waals surface area contributed by atoms with Gasteiger partial charge in [0.2, 0.25) is 0 Å². The van der Waals surface area contributed by atoms with Crippen molar-refractivity contribution in [1.29, 1.82) is 0 Å². The number of aromatic nitrogens is 1. The molecule has 0 aliphatic carbocycles. The van der Waals surface area contributed by atoms with E-state index < -0.39 is 12.2 Å². The van der Waals surface area contributed by atoms with Crippen LogP contribution in [-0.2, 0) is 9.47 Å². The molecular formula is C21H20N2O5. The number of nitrogens with one attached hydrogen (secondary N) is 1. The second-order valence-electron chi connectivity index (χ2n) is 5.68. The van der Waals surface area contributed by atoms with Crippen molar-refractivity contribution >= 4 is 28.7 Å². The van der Waals surface area contributed by atoms with E-state index in [-0.39, 0.29) is 24.8 Å². The Labute approximate surface area is 162 Å². The first-order chi connectivity index (χ1) is 13.6. The number of ether oxygens (including phenoxy) is 3. The Balaban J connectivity index is 2.20. The number of carbonyl (C=O) groups is 2. The lowest BCUT2D eigenvalue weighted by molar-refractivity contribution is 0.103. The number of carbonyl (C=O) groups excluding carboxylic acids is 2. The Bertz CT molecular complexity index is 989. The van der Waals surface area contributed by atoms with E-state index in [1.54, 1.807) is 13.8 Å². The van der Waals surface area contributed by atoms with Crippen LogP contribution >= 0.6 is 0 Å². The highest BCUT2D eigenvalue weighted by Gasteiger charge is 2.21. The molecule has 1 amide bonds. The molecule has 7 nitrogen and oxygen atoms in total. The summed E-state index contributed by atoms with van der Waals surface area (Å²) < 4.78 is 15.1. The fourth-order valence-electron chi connectivity index (χ4n) is 2.75. The van der Waals surface area contributed by atoms with Crippen molar-refractivity contribution in [3.8, 4) is 17.1 Å². The zero-order valence-electron chi connectivity index (χ0n) is 15.6. The Morgan fingerprint density at radius 1 is 0.893 bits per heavy atom. The van der Waals surface area contributed by atoms with Crippen molar-refractivity contribution in [2.45, 2.75) is 13.8 Å². The highest BCUT2D eigenvalue weighted by atomic mass is 16.7. The second kappa shape index (κ2) is 8.85. The highest BCUT2D eigenvalue weighted by molar-refractivity contribution is 6.07. The number of hydrogen-bond donors (Lipinski definition) is 1. The SMILES string of the molecule is CCOC(=O)Nc1c(OC(=O)OCC)nc(-c2ccccc2)c2ccccc12. The van der Waals surface area contributed by atoms with E-state index in [0.29, 0.717) is 11.1 Å². The van der Waals surface area contributed by atoms with Gasteiger partial charge in [0, 0.05) is 16.3 Å². The van der Waals surface area contributed by atoms with Crippen molar-refractivity contribution in [1.82, 2.24) is 4.98 Å².